The Hall–Kier alpha value is -0.940. The highest BCUT2D eigenvalue weighted by molar-refractivity contribution is 14.1. The molecule has 18 heavy (non-hydrogen) atoms. The highest BCUT2D eigenvalue weighted by Gasteiger charge is 2.04. The molecule has 1 N–H and O–H groups in total. The third-order valence-electron chi connectivity index (χ3n) is 2.90. The van der Waals surface area contributed by atoms with Gasteiger partial charge in [0, 0.05) is 16.2 Å². The molecule has 0 aliphatic carbocycles. The number of hydrogen-bond donors (Lipinski definition) is 1. The van der Waals surface area contributed by atoms with Gasteiger partial charge in [-0.25, -0.2) is 4.39 Å². The molecule has 0 aliphatic heterocycles. The summed E-state index contributed by atoms with van der Waals surface area (Å²) in [5.74, 6) is -0.190. The highest BCUT2D eigenvalue weighted by Crippen LogP contribution is 2.15. The molecule has 0 saturated carbocycles. The lowest BCUT2D eigenvalue weighted by Crippen LogP contribution is -2.18. The minimum Gasteiger partial charge on any atom is -0.306 e. The van der Waals surface area contributed by atoms with E-state index in [-0.39, 0.29) is 11.9 Å². The van der Waals surface area contributed by atoms with Crippen LogP contribution < -0.4 is 5.32 Å². The summed E-state index contributed by atoms with van der Waals surface area (Å²) in [5.41, 5.74) is 2.35. The van der Waals surface area contributed by atoms with Gasteiger partial charge in [0.05, 0.1) is 0 Å². The fourth-order valence-electron chi connectivity index (χ4n) is 1.74. The summed E-state index contributed by atoms with van der Waals surface area (Å²) in [4.78, 5) is 0. The minimum absolute atomic E-state index is 0.190. The fraction of sp³-hybridized carbons (Fsp3) is 0.200. The third-order valence-corrected chi connectivity index (χ3v) is 3.61. The molecule has 1 nitrogen and oxygen atoms in total. The van der Waals surface area contributed by atoms with Crippen LogP contribution >= 0.6 is 22.6 Å². The zero-order valence-electron chi connectivity index (χ0n) is 10.2. The standard InChI is InChI=1S/C15H15FIN/c1-11(13-4-8-15(17)9-5-13)18-10-12-2-6-14(16)7-3-12/h2-9,11,18H,10H2,1H3. The molecule has 2 aromatic carbocycles. The van der Waals surface area contributed by atoms with Gasteiger partial charge in [0.25, 0.3) is 0 Å². The molecule has 1 atom stereocenters. The first-order chi connectivity index (χ1) is 8.65. The smallest absolute Gasteiger partial charge is 0.123 e. The average molecular weight is 355 g/mol. The topological polar surface area (TPSA) is 12.0 Å². The van der Waals surface area contributed by atoms with Gasteiger partial charge in [-0.15, -0.1) is 0 Å². The largest absolute Gasteiger partial charge is 0.306 e. The summed E-state index contributed by atoms with van der Waals surface area (Å²) in [7, 11) is 0. The maximum atomic E-state index is 12.8. The zero-order chi connectivity index (χ0) is 13.0. The monoisotopic (exact) mass is 355 g/mol. The molecule has 1 unspecified atom stereocenters. The van der Waals surface area contributed by atoms with Crippen molar-refractivity contribution in [2.24, 2.45) is 0 Å². The predicted octanol–water partition coefficient (Wildman–Crippen LogP) is 4.28. The lowest BCUT2D eigenvalue weighted by molar-refractivity contribution is 0.573. The lowest BCUT2D eigenvalue weighted by Gasteiger charge is -2.14. The van der Waals surface area contributed by atoms with Crippen molar-refractivity contribution in [3.8, 4) is 0 Å². The molecule has 0 fully saturated rings. The quantitative estimate of drug-likeness (QED) is 0.808. The summed E-state index contributed by atoms with van der Waals surface area (Å²) >= 11 is 2.30. The Morgan fingerprint density at radius 1 is 1.06 bits per heavy atom. The van der Waals surface area contributed by atoms with Gasteiger partial charge in [-0.2, -0.15) is 0 Å². The number of halogens is 2. The molecule has 0 saturated heterocycles. The molecule has 0 heterocycles. The summed E-state index contributed by atoms with van der Waals surface area (Å²) in [6, 6.07) is 15.4. The van der Waals surface area contributed by atoms with Crippen LogP contribution in [0.1, 0.15) is 24.1 Å². The van der Waals surface area contributed by atoms with Gasteiger partial charge >= 0.3 is 0 Å². The van der Waals surface area contributed by atoms with Crippen LogP contribution in [0.25, 0.3) is 0 Å². The van der Waals surface area contributed by atoms with E-state index in [9.17, 15) is 4.39 Å². The van der Waals surface area contributed by atoms with E-state index in [2.05, 4.69) is 59.1 Å². The molecular formula is C15H15FIN. The average Bonchev–Trinajstić information content (AvgIpc) is 2.38. The van der Waals surface area contributed by atoms with Gasteiger partial charge in [0.1, 0.15) is 5.82 Å². The van der Waals surface area contributed by atoms with Crippen LogP contribution in [0, 0.1) is 9.39 Å². The first-order valence-corrected chi connectivity index (χ1v) is 6.96. The Morgan fingerprint density at radius 3 is 2.28 bits per heavy atom. The van der Waals surface area contributed by atoms with E-state index in [0.29, 0.717) is 0 Å². The van der Waals surface area contributed by atoms with Crippen LogP contribution in [0.15, 0.2) is 48.5 Å². The van der Waals surface area contributed by atoms with Crippen molar-refractivity contribution >= 4 is 22.6 Å². The highest BCUT2D eigenvalue weighted by atomic mass is 127. The molecule has 0 aromatic heterocycles. The molecule has 0 amide bonds. The van der Waals surface area contributed by atoms with E-state index in [4.69, 9.17) is 0 Å². The molecule has 0 spiro atoms. The van der Waals surface area contributed by atoms with Crippen molar-refractivity contribution in [3.05, 3.63) is 69.0 Å². The van der Waals surface area contributed by atoms with E-state index in [1.807, 2.05) is 12.1 Å². The molecule has 94 valence electrons. The Balaban J connectivity index is 1.93. The van der Waals surface area contributed by atoms with Crippen LogP contribution in [-0.2, 0) is 6.54 Å². The summed E-state index contributed by atoms with van der Waals surface area (Å²) in [6.45, 7) is 2.87. The Kier molecular flexibility index (Phi) is 4.72. The molecule has 2 aromatic rings. The second kappa shape index (κ2) is 6.29. The fourth-order valence-corrected chi connectivity index (χ4v) is 2.10. The zero-order valence-corrected chi connectivity index (χ0v) is 12.3. The number of nitrogens with one attached hydrogen (secondary N) is 1. The normalized spacial score (nSPS) is 12.4. The molecule has 0 radical (unpaired) electrons. The maximum Gasteiger partial charge on any atom is 0.123 e. The van der Waals surface area contributed by atoms with Crippen LogP contribution in [0.5, 0.6) is 0 Å². The number of rotatable bonds is 4. The Labute approximate surface area is 121 Å². The van der Waals surface area contributed by atoms with Crippen LogP contribution in [0.3, 0.4) is 0 Å². The molecule has 3 heteroatoms. The maximum absolute atomic E-state index is 12.8. The minimum atomic E-state index is -0.190. The van der Waals surface area contributed by atoms with E-state index >= 15 is 0 Å². The van der Waals surface area contributed by atoms with Crippen molar-refractivity contribution in [2.45, 2.75) is 19.5 Å². The summed E-state index contributed by atoms with van der Waals surface area (Å²) < 4.78 is 14.0. The first-order valence-electron chi connectivity index (χ1n) is 5.88. The van der Waals surface area contributed by atoms with E-state index in [1.165, 1.54) is 21.3 Å². The Morgan fingerprint density at radius 2 is 1.67 bits per heavy atom. The lowest BCUT2D eigenvalue weighted by atomic mass is 10.1. The van der Waals surface area contributed by atoms with Gasteiger partial charge < -0.3 is 5.32 Å². The molecular weight excluding hydrogens is 340 g/mol. The summed E-state index contributed by atoms with van der Waals surface area (Å²) in [6.07, 6.45) is 0. The van der Waals surface area contributed by atoms with Crippen molar-refractivity contribution in [2.75, 3.05) is 0 Å². The van der Waals surface area contributed by atoms with E-state index in [0.717, 1.165) is 12.1 Å². The SMILES string of the molecule is CC(NCc1ccc(F)cc1)c1ccc(I)cc1. The second-order valence-corrected chi connectivity index (χ2v) is 5.53. The number of hydrogen-bond acceptors (Lipinski definition) is 1. The van der Waals surface area contributed by atoms with Crippen LogP contribution in [0.2, 0.25) is 0 Å². The van der Waals surface area contributed by atoms with Gasteiger partial charge in [-0.3, -0.25) is 0 Å². The van der Waals surface area contributed by atoms with Gasteiger partial charge in [-0.1, -0.05) is 24.3 Å². The molecule has 0 aliphatic rings. The van der Waals surface area contributed by atoms with Crippen molar-refractivity contribution in [1.82, 2.24) is 5.32 Å². The Bertz CT molecular complexity index is 493. The molecule has 2 rings (SSSR count). The van der Waals surface area contributed by atoms with Gasteiger partial charge in [0.15, 0.2) is 0 Å². The van der Waals surface area contributed by atoms with E-state index in [1.54, 1.807) is 0 Å². The van der Waals surface area contributed by atoms with Crippen molar-refractivity contribution in [1.29, 1.82) is 0 Å². The van der Waals surface area contributed by atoms with Crippen LogP contribution in [-0.4, -0.2) is 0 Å². The summed E-state index contributed by atoms with van der Waals surface area (Å²) in [5, 5.41) is 3.43. The van der Waals surface area contributed by atoms with Crippen molar-refractivity contribution in [3.63, 3.8) is 0 Å². The van der Waals surface area contributed by atoms with E-state index < -0.39 is 0 Å². The van der Waals surface area contributed by atoms with Crippen LogP contribution in [0.4, 0.5) is 4.39 Å². The third kappa shape index (κ3) is 3.78. The predicted molar refractivity (Wildman–Crippen MR) is 80.8 cm³/mol. The van der Waals surface area contributed by atoms with Gasteiger partial charge in [0.2, 0.25) is 0 Å². The first kappa shape index (κ1) is 13.5. The van der Waals surface area contributed by atoms with Crippen molar-refractivity contribution < 1.29 is 4.39 Å². The molecule has 0 bridgehead atoms. The second-order valence-electron chi connectivity index (χ2n) is 4.28. The number of benzene rings is 2. The van der Waals surface area contributed by atoms with Gasteiger partial charge in [-0.05, 0) is 64.9 Å².